The van der Waals surface area contributed by atoms with E-state index in [9.17, 15) is 4.79 Å². The highest BCUT2D eigenvalue weighted by Crippen LogP contribution is 2.28. The van der Waals surface area contributed by atoms with Gasteiger partial charge in [-0.15, -0.1) is 0 Å². The Balaban J connectivity index is 2.66. The Kier molecular flexibility index (Phi) is 7.38. The summed E-state index contributed by atoms with van der Waals surface area (Å²) in [6.45, 7) is 4.82. The van der Waals surface area contributed by atoms with Crippen molar-refractivity contribution in [2.45, 2.75) is 0 Å². The van der Waals surface area contributed by atoms with Crippen molar-refractivity contribution in [2.24, 2.45) is 10.7 Å². The van der Waals surface area contributed by atoms with Gasteiger partial charge in [-0.3, -0.25) is 9.79 Å². The van der Waals surface area contributed by atoms with Crippen LogP contribution in [-0.4, -0.2) is 57.8 Å². The highest BCUT2D eigenvalue weighted by Gasteiger charge is 2.10. The number of benzene rings is 1. The van der Waals surface area contributed by atoms with Gasteiger partial charge in [0.1, 0.15) is 0 Å². The third kappa shape index (κ3) is 5.14. The Labute approximate surface area is 124 Å². The number of aliphatic hydroxyl groups is 1. The number of rotatable bonds is 9. The van der Waals surface area contributed by atoms with Gasteiger partial charge >= 0.3 is 0 Å². The largest absolute Gasteiger partial charge is 0.394 e. The molecule has 21 heavy (non-hydrogen) atoms. The molecule has 4 N–H and O–H groups in total. The lowest BCUT2D eigenvalue weighted by molar-refractivity contribution is 0.0838. The molecule has 0 bridgehead atoms. The van der Waals surface area contributed by atoms with Crippen LogP contribution in [0.15, 0.2) is 23.2 Å². The van der Waals surface area contributed by atoms with Gasteiger partial charge in [0.15, 0.2) is 0 Å². The predicted molar refractivity (Wildman–Crippen MR) is 83.3 cm³/mol. The third-order valence-corrected chi connectivity index (χ3v) is 2.86. The smallest absolute Gasteiger partial charge is 0.251 e. The molecule has 0 atom stereocenters. The van der Waals surface area contributed by atoms with Crippen molar-refractivity contribution in [3.63, 3.8) is 0 Å². The Morgan fingerprint density at radius 3 is 2.90 bits per heavy atom. The molecule has 0 aliphatic rings. The van der Waals surface area contributed by atoms with Crippen molar-refractivity contribution >= 4 is 24.0 Å². The number of carbonyl (C=O) groups excluding carboxylic acids is 1. The number of nitrogens with zero attached hydrogens (tertiary/aromatic N) is 2. The molecule has 0 aliphatic carbocycles. The summed E-state index contributed by atoms with van der Waals surface area (Å²) in [5, 5.41) is 11.3. The number of carbonyl (C=O) groups is 1. The van der Waals surface area contributed by atoms with E-state index in [0.29, 0.717) is 31.1 Å². The van der Waals surface area contributed by atoms with E-state index in [1.165, 1.54) is 0 Å². The molecular formula is C14H22N4O3. The van der Waals surface area contributed by atoms with Crippen LogP contribution in [0.2, 0.25) is 0 Å². The number of nitrogens with two attached hydrogens (primary N) is 1. The molecule has 1 amide bonds. The number of nitrogens with one attached hydrogen (secondary N) is 1. The summed E-state index contributed by atoms with van der Waals surface area (Å²) in [4.78, 5) is 17.7. The van der Waals surface area contributed by atoms with Crippen LogP contribution >= 0.6 is 0 Å². The number of amides is 1. The van der Waals surface area contributed by atoms with Crippen LogP contribution in [-0.2, 0) is 4.74 Å². The average Bonchev–Trinajstić information content (AvgIpc) is 2.53. The lowest BCUT2D eigenvalue weighted by atomic mass is 10.1. The van der Waals surface area contributed by atoms with Crippen LogP contribution < -0.4 is 16.0 Å². The van der Waals surface area contributed by atoms with Crippen molar-refractivity contribution < 1.29 is 14.6 Å². The summed E-state index contributed by atoms with van der Waals surface area (Å²) in [5.41, 5.74) is 7.50. The first kappa shape index (κ1) is 17.1. The van der Waals surface area contributed by atoms with E-state index >= 15 is 0 Å². The Morgan fingerprint density at radius 1 is 1.52 bits per heavy atom. The lowest BCUT2D eigenvalue weighted by Crippen LogP contribution is -2.28. The minimum absolute atomic E-state index is 0.0293. The second kappa shape index (κ2) is 9.06. The first-order valence-electron chi connectivity index (χ1n) is 6.62. The summed E-state index contributed by atoms with van der Waals surface area (Å²) < 4.78 is 5.07. The van der Waals surface area contributed by atoms with Crippen LogP contribution in [0.5, 0.6) is 0 Å². The number of aliphatic hydroxyl groups excluding tert-OH is 1. The molecule has 0 aromatic heterocycles. The summed E-state index contributed by atoms with van der Waals surface area (Å²) in [5.74, 6) is -0.213. The predicted octanol–water partition coefficient (Wildman–Crippen LogP) is 0.110. The number of anilines is 1. The second-order valence-corrected chi connectivity index (χ2v) is 4.33. The number of hydrogen-bond acceptors (Lipinski definition) is 6. The average molecular weight is 294 g/mol. The summed E-state index contributed by atoms with van der Waals surface area (Å²) in [6.07, 6.45) is 0. The zero-order chi connectivity index (χ0) is 15.7. The molecule has 0 aliphatic heterocycles. The number of ether oxygens (including phenoxy) is 1. The van der Waals surface area contributed by atoms with Gasteiger partial charge < -0.3 is 25.8 Å². The van der Waals surface area contributed by atoms with Gasteiger partial charge in [0, 0.05) is 19.2 Å². The van der Waals surface area contributed by atoms with E-state index in [1.807, 2.05) is 11.9 Å². The van der Waals surface area contributed by atoms with E-state index in [4.69, 9.17) is 15.6 Å². The van der Waals surface area contributed by atoms with Crippen LogP contribution in [0.1, 0.15) is 10.4 Å². The van der Waals surface area contributed by atoms with Crippen molar-refractivity contribution in [2.75, 3.05) is 45.0 Å². The van der Waals surface area contributed by atoms with Crippen molar-refractivity contribution in [3.05, 3.63) is 23.8 Å². The van der Waals surface area contributed by atoms with E-state index in [1.54, 1.807) is 18.2 Å². The van der Waals surface area contributed by atoms with E-state index in [2.05, 4.69) is 17.0 Å². The minimum atomic E-state index is -0.213. The minimum Gasteiger partial charge on any atom is -0.394 e. The molecule has 0 spiro atoms. The van der Waals surface area contributed by atoms with Gasteiger partial charge in [0.05, 0.1) is 37.9 Å². The van der Waals surface area contributed by atoms with Crippen LogP contribution in [0.3, 0.4) is 0 Å². The van der Waals surface area contributed by atoms with Gasteiger partial charge in [-0.05, 0) is 24.9 Å². The molecule has 0 radical (unpaired) electrons. The lowest BCUT2D eigenvalue weighted by Gasteiger charge is -2.19. The van der Waals surface area contributed by atoms with Gasteiger partial charge in [-0.25, -0.2) is 0 Å². The van der Waals surface area contributed by atoms with Crippen molar-refractivity contribution in [1.82, 2.24) is 5.32 Å². The standard InChI is InChI=1S/C14H22N4O3/c1-16-12-9-11(3-4-13(12)18(2)10-15)14(20)17-5-7-21-8-6-19/h3-4,9,19H,1,5-8,10,15H2,2H3,(H,17,20). The van der Waals surface area contributed by atoms with Gasteiger partial charge in [0.2, 0.25) is 0 Å². The maximum atomic E-state index is 12.0. The fourth-order valence-corrected chi connectivity index (χ4v) is 1.72. The number of hydrogen-bond donors (Lipinski definition) is 3. The Hall–Kier alpha value is -1.96. The quantitative estimate of drug-likeness (QED) is 0.341. The molecule has 0 saturated carbocycles. The molecule has 1 rings (SSSR count). The Morgan fingerprint density at radius 2 is 2.29 bits per heavy atom. The van der Waals surface area contributed by atoms with E-state index in [0.717, 1.165) is 5.69 Å². The third-order valence-electron chi connectivity index (χ3n) is 2.86. The summed E-state index contributed by atoms with van der Waals surface area (Å²) in [6, 6.07) is 5.16. The molecule has 116 valence electrons. The molecule has 1 aromatic carbocycles. The molecular weight excluding hydrogens is 272 g/mol. The SMILES string of the molecule is C=Nc1cc(C(=O)NCCOCCO)ccc1N(C)CN. The fourth-order valence-electron chi connectivity index (χ4n) is 1.72. The topological polar surface area (TPSA) is 100 Å². The monoisotopic (exact) mass is 294 g/mol. The molecule has 0 unspecified atom stereocenters. The summed E-state index contributed by atoms with van der Waals surface area (Å²) >= 11 is 0. The maximum Gasteiger partial charge on any atom is 0.251 e. The molecule has 0 heterocycles. The van der Waals surface area contributed by atoms with Gasteiger partial charge in [-0.1, -0.05) is 0 Å². The van der Waals surface area contributed by atoms with E-state index in [-0.39, 0.29) is 19.1 Å². The molecule has 0 saturated heterocycles. The van der Waals surface area contributed by atoms with Crippen LogP contribution in [0.4, 0.5) is 11.4 Å². The van der Waals surface area contributed by atoms with Gasteiger partial charge in [-0.2, -0.15) is 0 Å². The molecule has 7 heteroatoms. The second-order valence-electron chi connectivity index (χ2n) is 4.33. The first-order chi connectivity index (χ1) is 10.1. The van der Waals surface area contributed by atoms with Crippen molar-refractivity contribution in [1.29, 1.82) is 0 Å². The normalized spacial score (nSPS) is 10.2. The fraction of sp³-hybridized carbons (Fsp3) is 0.429. The molecule has 7 nitrogen and oxygen atoms in total. The maximum absolute atomic E-state index is 12.0. The molecule has 0 fully saturated rings. The zero-order valence-corrected chi connectivity index (χ0v) is 12.2. The van der Waals surface area contributed by atoms with E-state index < -0.39 is 0 Å². The van der Waals surface area contributed by atoms with Crippen LogP contribution in [0, 0.1) is 0 Å². The van der Waals surface area contributed by atoms with Crippen molar-refractivity contribution in [3.8, 4) is 0 Å². The molecule has 1 aromatic rings. The summed E-state index contributed by atoms with van der Waals surface area (Å²) in [7, 11) is 1.84. The highest BCUT2D eigenvalue weighted by atomic mass is 16.5. The first-order valence-corrected chi connectivity index (χ1v) is 6.62. The number of aliphatic imine (C=N–C) groups is 1. The van der Waals surface area contributed by atoms with Gasteiger partial charge in [0.25, 0.3) is 5.91 Å². The zero-order valence-electron chi connectivity index (χ0n) is 12.2. The Bertz CT molecular complexity index is 479. The van der Waals surface area contributed by atoms with Crippen LogP contribution in [0.25, 0.3) is 0 Å². The highest BCUT2D eigenvalue weighted by molar-refractivity contribution is 5.96.